The minimum absolute atomic E-state index is 0.171. The Hall–Kier alpha value is -3.93. The SMILES string of the molecule is C=CC(=O)N1CCCC[C@@H](n2c(N=C([O-])c3ccnc(C)c3)nc3cccc(OC4CCN(CC(F)(F)F)CC4)c32)C1. The van der Waals surface area contributed by atoms with Gasteiger partial charge in [0.2, 0.25) is 11.9 Å². The van der Waals surface area contributed by atoms with E-state index < -0.39 is 18.6 Å². The first-order chi connectivity index (χ1) is 20.1. The minimum atomic E-state index is -4.24. The number of halogens is 3. The maximum absolute atomic E-state index is 13.3. The Balaban J connectivity index is 1.53. The van der Waals surface area contributed by atoms with Crippen molar-refractivity contribution in [3.05, 3.63) is 60.4 Å². The quantitative estimate of drug-likeness (QED) is 0.233. The van der Waals surface area contributed by atoms with Crippen molar-refractivity contribution in [3.8, 4) is 5.75 Å². The highest BCUT2D eigenvalue weighted by Crippen LogP contribution is 2.37. The third-order valence-electron chi connectivity index (χ3n) is 7.73. The number of carbonyl (C=O) groups is 1. The van der Waals surface area contributed by atoms with Gasteiger partial charge in [0.1, 0.15) is 17.4 Å². The van der Waals surface area contributed by atoms with Crippen molar-refractivity contribution in [2.75, 3.05) is 32.7 Å². The van der Waals surface area contributed by atoms with Crippen molar-refractivity contribution in [1.82, 2.24) is 24.3 Å². The molecular weight excluding hydrogens is 549 g/mol. The van der Waals surface area contributed by atoms with Gasteiger partial charge in [-0.1, -0.05) is 12.6 Å². The smallest absolute Gasteiger partial charge is 0.401 e. The molecule has 0 saturated carbocycles. The number of hydrogen-bond acceptors (Lipinski definition) is 7. The Morgan fingerprint density at radius 1 is 1.19 bits per heavy atom. The van der Waals surface area contributed by atoms with Crippen molar-refractivity contribution in [2.45, 2.75) is 57.3 Å². The zero-order chi connectivity index (χ0) is 29.9. The number of aromatic nitrogens is 3. The van der Waals surface area contributed by atoms with E-state index in [0.717, 1.165) is 19.3 Å². The van der Waals surface area contributed by atoms with Gasteiger partial charge < -0.3 is 19.3 Å². The van der Waals surface area contributed by atoms with Crippen molar-refractivity contribution < 1.29 is 27.8 Å². The van der Waals surface area contributed by atoms with E-state index in [1.165, 1.54) is 11.0 Å². The number of benzene rings is 1. The third-order valence-corrected chi connectivity index (χ3v) is 7.73. The number of alkyl halides is 3. The molecule has 12 heteroatoms. The van der Waals surface area contributed by atoms with Crippen LogP contribution in [0.25, 0.3) is 11.0 Å². The zero-order valence-electron chi connectivity index (χ0n) is 23.5. The number of ether oxygens (including phenoxy) is 1. The standard InChI is InChI=1S/C30H35F3N6O3/c1-3-26(40)38-14-5-4-7-22(18-38)39-27-24(35-29(39)36-28(41)21-10-13-34-20(2)17-21)8-6-9-25(27)42-23-11-15-37(16-12-23)19-30(31,32)33/h3,6,8-10,13,17,22-23H,1,4-5,7,11-12,14-16,18-19H2,2H3,(H,35,36,41)/p-1/t22-/m1/s1. The second kappa shape index (κ2) is 12.5. The lowest BCUT2D eigenvalue weighted by atomic mass is 10.1. The molecule has 2 aromatic heterocycles. The highest BCUT2D eigenvalue weighted by Gasteiger charge is 2.33. The summed E-state index contributed by atoms with van der Waals surface area (Å²) < 4.78 is 47.0. The highest BCUT2D eigenvalue weighted by molar-refractivity contribution is 5.93. The summed E-state index contributed by atoms with van der Waals surface area (Å²) in [7, 11) is 0. The number of amides is 1. The number of pyridine rings is 1. The maximum atomic E-state index is 13.3. The molecule has 1 amide bonds. The van der Waals surface area contributed by atoms with Crippen LogP contribution in [0.4, 0.5) is 19.1 Å². The van der Waals surface area contributed by atoms with Crippen molar-refractivity contribution in [2.24, 2.45) is 4.99 Å². The number of likely N-dealkylation sites (tertiary alicyclic amines) is 2. The number of para-hydroxylation sites is 1. The van der Waals surface area contributed by atoms with E-state index in [1.807, 2.05) is 16.7 Å². The van der Waals surface area contributed by atoms with Gasteiger partial charge in [0.25, 0.3) is 0 Å². The van der Waals surface area contributed by atoms with E-state index >= 15 is 0 Å². The topological polar surface area (TPSA) is 98.9 Å². The first-order valence-electron chi connectivity index (χ1n) is 14.2. The second-order valence-corrected chi connectivity index (χ2v) is 10.9. The molecule has 4 heterocycles. The van der Waals surface area contributed by atoms with Crippen molar-refractivity contribution in [3.63, 3.8) is 0 Å². The summed E-state index contributed by atoms with van der Waals surface area (Å²) in [5.41, 5.74) is 2.28. The van der Waals surface area contributed by atoms with Crippen LogP contribution < -0.4 is 9.84 Å². The Bertz CT molecular complexity index is 1460. The second-order valence-electron chi connectivity index (χ2n) is 10.9. The Morgan fingerprint density at radius 2 is 1.98 bits per heavy atom. The molecule has 1 aromatic carbocycles. The fourth-order valence-corrected chi connectivity index (χ4v) is 5.74. The fourth-order valence-electron chi connectivity index (χ4n) is 5.74. The van der Waals surface area contributed by atoms with Gasteiger partial charge in [-0.3, -0.25) is 14.7 Å². The number of hydrogen-bond donors (Lipinski definition) is 0. The molecule has 0 aliphatic carbocycles. The number of aryl methyl sites for hydroxylation is 1. The van der Waals surface area contributed by atoms with E-state index in [2.05, 4.69) is 16.6 Å². The average molecular weight is 584 g/mol. The number of carbonyl (C=O) groups excluding carboxylic acids is 1. The molecule has 0 radical (unpaired) electrons. The van der Waals surface area contributed by atoms with Crippen LogP contribution in [0.1, 0.15) is 49.4 Å². The van der Waals surface area contributed by atoms with Gasteiger partial charge in [-0.2, -0.15) is 13.2 Å². The van der Waals surface area contributed by atoms with Crippen molar-refractivity contribution in [1.29, 1.82) is 0 Å². The first kappa shape index (κ1) is 29.6. The summed E-state index contributed by atoms with van der Waals surface area (Å²) in [5.74, 6) is 0.0895. The molecule has 3 aromatic rings. The molecule has 9 nitrogen and oxygen atoms in total. The molecule has 42 heavy (non-hydrogen) atoms. The molecule has 0 unspecified atom stereocenters. The molecule has 0 N–H and O–H groups in total. The fraction of sp³-hybridized carbons (Fsp3) is 0.467. The molecule has 5 rings (SSSR count). The lowest BCUT2D eigenvalue weighted by Crippen LogP contribution is -2.42. The molecule has 2 fully saturated rings. The molecule has 2 saturated heterocycles. The summed E-state index contributed by atoms with van der Waals surface area (Å²) in [6.45, 7) is 6.03. The number of fused-ring (bicyclic) bond motifs is 1. The average Bonchev–Trinajstić information content (AvgIpc) is 3.14. The predicted octanol–water partition coefficient (Wildman–Crippen LogP) is 4.32. The van der Waals surface area contributed by atoms with Gasteiger partial charge in [0, 0.05) is 38.1 Å². The Morgan fingerprint density at radius 3 is 2.69 bits per heavy atom. The monoisotopic (exact) mass is 583 g/mol. The van der Waals surface area contributed by atoms with E-state index in [9.17, 15) is 23.1 Å². The molecule has 2 aliphatic rings. The maximum Gasteiger partial charge on any atom is 0.401 e. The van der Waals surface area contributed by atoms with Crippen LogP contribution in [0.5, 0.6) is 5.75 Å². The van der Waals surface area contributed by atoms with Gasteiger partial charge >= 0.3 is 6.18 Å². The summed E-state index contributed by atoms with van der Waals surface area (Å²) in [5, 5.41) is 13.3. The van der Waals surface area contributed by atoms with Gasteiger partial charge in [-0.25, -0.2) is 9.98 Å². The van der Waals surface area contributed by atoms with Gasteiger partial charge in [-0.05, 0) is 80.8 Å². The summed E-state index contributed by atoms with van der Waals surface area (Å²) >= 11 is 0. The van der Waals surface area contributed by atoms with E-state index in [-0.39, 0.29) is 37.1 Å². The summed E-state index contributed by atoms with van der Waals surface area (Å²) in [4.78, 5) is 29.1. The van der Waals surface area contributed by atoms with Gasteiger partial charge in [0.05, 0.1) is 18.1 Å². The van der Waals surface area contributed by atoms with Gasteiger partial charge in [0.15, 0.2) is 0 Å². The number of aliphatic imine (C=N–C) groups is 1. The van der Waals surface area contributed by atoms with Crippen LogP contribution in [-0.4, -0.2) is 81.1 Å². The van der Waals surface area contributed by atoms with E-state index in [0.29, 0.717) is 54.0 Å². The van der Waals surface area contributed by atoms with E-state index in [1.54, 1.807) is 36.2 Å². The van der Waals surface area contributed by atoms with Crippen LogP contribution in [0.3, 0.4) is 0 Å². The van der Waals surface area contributed by atoms with E-state index in [4.69, 9.17) is 9.72 Å². The third kappa shape index (κ3) is 6.92. The van der Waals surface area contributed by atoms with Gasteiger partial charge in [-0.15, -0.1) is 0 Å². The van der Waals surface area contributed by atoms with Crippen molar-refractivity contribution >= 4 is 28.8 Å². The van der Waals surface area contributed by atoms with Crippen LogP contribution in [0.15, 0.2) is 54.2 Å². The lowest BCUT2D eigenvalue weighted by Gasteiger charge is -2.32. The highest BCUT2D eigenvalue weighted by atomic mass is 19.4. The first-order valence-corrected chi connectivity index (χ1v) is 14.2. The number of imidazole rings is 1. The van der Waals surface area contributed by atoms with Crippen LogP contribution in [0.2, 0.25) is 0 Å². The molecular formula is C30H34F3N6O3-. The van der Waals surface area contributed by atoms with Crippen LogP contribution in [0, 0.1) is 6.92 Å². The molecule has 0 bridgehead atoms. The Kier molecular flexibility index (Phi) is 8.81. The predicted molar refractivity (Wildman–Crippen MR) is 151 cm³/mol. The zero-order valence-corrected chi connectivity index (χ0v) is 23.5. The van der Waals surface area contributed by atoms with Crippen LogP contribution in [-0.2, 0) is 4.79 Å². The minimum Gasteiger partial charge on any atom is -0.858 e. The number of rotatable bonds is 7. The summed E-state index contributed by atoms with van der Waals surface area (Å²) in [6.07, 6.45) is 1.63. The largest absolute Gasteiger partial charge is 0.858 e. The Labute approximate surface area is 242 Å². The molecule has 224 valence electrons. The van der Waals surface area contributed by atoms with Crippen LogP contribution >= 0.6 is 0 Å². The number of nitrogens with zero attached hydrogens (tertiary/aromatic N) is 6. The lowest BCUT2D eigenvalue weighted by molar-refractivity contribution is -0.212. The molecule has 0 spiro atoms. The normalized spacial score (nSPS) is 19.6. The summed E-state index contributed by atoms with van der Waals surface area (Å²) in [6, 6.07) is 8.44. The molecule has 1 atom stereocenters. The molecule has 2 aliphatic heterocycles. The number of piperidine rings is 1.